The van der Waals surface area contributed by atoms with Gasteiger partial charge in [0.25, 0.3) is 0 Å². The number of hydrazone groups is 2. The summed E-state index contributed by atoms with van der Waals surface area (Å²) in [5, 5.41) is 17.2. The van der Waals surface area contributed by atoms with Crippen LogP contribution in [-0.2, 0) is 4.53 Å². The van der Waals surface area contributed by atoms with Gasteiger partial charge in [0.15, 0.2) is 12.2 Å². The van der Waals surface area contributed by atoms with Crippen LogP contribution < -0.4 is 11.3 Å². The zero-order chi connectivity index (χ0) is 11.4. The topological polar surface area (TPSA) is 121 Å². The Kier molecular flexibility index (Phi) is 8.58. The Morgan fingerprint density at radius 1 is 1.60 bits per heavy atom. The first-order chi connectivity index (χ1) is 7.31. The van der Waals surface area contributed by atoms with Crippen molar-refractivity contribution in [2.24, 2.45) is 36.3 Å². The largest absolute Gasteiger partial charge is 0.417 e. The molecule has 0 rings (SSSR count). The maximum atomic E-state index is 4.77. The molecular formula is C5H12N8OSi. The molecule has 0 saturated carbocycles. The first-order valence-corrected chi connectivity index (χ1v) is 5.04. The molecule has 0 aromatic carbocycles. The van der Waals surface area contributed by atoms with E-state index < -0.39 is 9.92 Å². The van der Waals surface area contributed by atoms with Crippen LogP contribution in [0.25, 0.3) is 0 Å². The van der Waals surface area contributed by atoms with Gasteiger partial charge >= 0.3 is 9.92 Å². The van der Waals surface area contributed by atoms with E-state index >= 15 is 0 Å². The zero-order valence-corrected chi connectivity index (χ0v) is 9.65. The van der Waals surface area contributed by atoms with Crippen LogP contribution in [0.2, 0.25) is 0 Å². The smallest absolute Gasteiger partial charge is 0.403 e. The Labute approximate surface area is 88.9 Å². The van der Waals surface area contributed by atoms with E-state index in [0.29, 0.717) is 5.84 Å². The molecule has 0 saturated heterocycles. The highest BCUT2D eigenvalue weighted by atomic mass is 28.2. The van der Waals surface area contributed by atoms with E-state index in [9.17, 15) is 0 Å². The van der Waals surface area contributed by atoms with Crippen molar-refractivity contribution in [1.82, 2.24) is 5.43 Å². The quantitative estimate of drug-likeness (QED) is 0.124. The third-order valence-electron chi connectivity index (χ3n) is 0.876. The van der Waals surface area contributed by atoms with Crippen LogP contribution in [0.5, 0.6) is 0 Å². The van der Waals surface area contributed by atoms with Crippen molar-refractivity contribution in [3.05, 3.63) is 12.8 Å². The summed E-state index contributed by atoms with van der Waals surface area (Å²) in [5.41, 5.74) is 2.50. The molecule has 0 aliphatic rings. The number of nitrogens with two attached hydrogens (primary N) is 1. The standard InChI is InChI=1S/C5H12N8OSi/c1-3-8-10-5(2)11-12-14-15-13-9-4-7-6/h3-4,8H,1,6,15H2,2H3. The second-order valence-corrected chi connectivity index (χ2v) is 2.75. The first-order valence-electron chi connectivity index (χ1n) is 3.83. The van der Waals surface area contributed by atoms with Crippen LogP contribution in [0.4, 0.5) is 0 Å². The molecule has 0 amide bonds. The third kappa shape index (κ3) is 9.81. The molecule has 82 valence electrons. The van der Waals surface area contributed by atoms with Crippen LogP contribution in [0, 0.1) is 0 Å². The Morgan fingerprint density at radius 2 is 2.40 bits per heavy atom. The van der Waals surface area contributed by atoms with E-state index in [-0.39, 0.29) is 0 Å². The molecule has 0 aromatic rings. The van der Waals surface area contributed by atoms with E-state index in [1.54, 1.807) is 6.92 Å². The van der Waals surface area contributed by atoms with E-state index in [1.807, 2.05) is 0 Å². The highest BCUT2D eigenvalue weighted by Crippen LogP contribution is 1.82. The summed E-state index contributed by atoms with van der Waals surface area (Å²) in [5.74, 6) is 5.18. The number of nitrogens with zero attached hydrogens (tertiary/aromatic N) is 6. The van der Waals surface area contributed by atoms with Gasteiger partial charge in [-0.1, -0.05) is 11.7 Å². The van der Waals surface area contributed by atoms with Gasteiger partial charge in [0, 0.05) is 11.5 Å². The normalized spacial score (nSPS) is 13.5. The zero-order valence-electron chi connectivity index (χ0n) is 8.24. The summed E-state index contributed by atoms with van der Waals surface area (Å²) in [4.78, 5) is 0. The van der Waals surface area contributed by atoms with Crippen LogP contribution in [0.3, 0.4) is 0 Å². The van der Waals surface area contributed by atoms with Gasteiger partial charge in [-0.15, -0.1) is 5.11 Å². The molecule has 0 aliphatic carbocycles. The van der Waals surface area contributed by atoms with Gasteiger partial charge in [0.05, 0.1) is 0 Å². The van der Waals surface area contributed by atoms with Gasteiger partial charge in [-0.3, -0.25) is 5.43 Å². The lowest BCUT2D eigenvalue weighted by atomic mass is 10.7. The summed E-state index contributed by atoms with van der Waals surface area (Å²) >= 11 is 0. The second-order valence-electron chi connectivity index (χ2n) is 1.95. The Hall–Kier alpha value is -2.10. The van der Waals surface area contributed by atoms with Crippen molar-refractivity contribution in [3.8, 4) is 0 Å². The summed E-state index contributed by atoms with van der Waals surface area (Å²) in [6, 6.07) is 0. The molecule has 0 heterocycles. The van der Waals surface area contributed by atoms with Gasteiger partial charge in [-0.25, -0.2) is 0 Å². The molecule has 0 fully saturated rings. The predicted octanol–water partition coefficient (Wildman–Crippen LogP) is -0.210. The lowest BCUT2D eigenvalue weighted by Crippen LogP contribution is -1.97. The van der Waals surface area contributed by atoms with E-state index in [2.05, 4.69) is 42.5 Å². The van der Waals surface area contributed by atoms with Gasteiger partial charge in [-0.2, -0.15) is 15.0 Å². The molecular weight excluding hydrogens is 216 g/mol. The van der Waals surface area contributed by atoms with Gasteiger partial charge in [0.2, 0.25) is 0 Å². The Balaban J connectivity index is 3.66. The fraction of sp³-hybridized carbons (Fsp3) is 0.200. The SMILES string of the molecule is C=CNN=C(C)N=NO[SiH2]N=NC=NN. The number of rotatable bonds is 6. The third-order valence-corrected chi connectivity index (χ3v) is 1.39. The maximum Gasteiger partial charge on any atom is 0.403 e. The predicted molar refractivity (Wildman–Crippen MR) is 58.5 cm³/mol. The number of hydrogen-bond donors (Lipinski definition) is 2. The van der Waals surface area contributed by atoms with E-state index in [4.69, 9.17) is 10.4 Å². The highest BCUT2D eigenvalue weighted by Gasteiger charge is 1.84. The molecule has 15 heavy (non-hydrogen) atoms. The molecule has 0 radical (unpaired) electrons. The van der Waals surface area contributed by atoms with Gasteiger partial charge in [0.1, 0.15) is 0 Å². The maximum absolute atomic E-state index is 4.77. The summed E-state index contributed by atoms with van der Waals surface area (Å²) in [7, 11) is -1.22. The Bertz CT molecular complexity index is 285. The van der Waals surface area contributed by atoms with Crippen LogP contribution in [-0.4, -0.2) is 22.1 Å². The number of hydrogen-bond acceptors (Lipinski definition) is 7. The number of nitrogens with one attached hydrogen (secondary N) is 1. The van der Waals surface area contributed by atoms with Crippen molar-refractivity contribution >= 4 is 22.1 Å². The summed E-state index contributed by atoms with van der Waals surface area (Å²) in [6.07, 6.45) is 2.52. The second kappa shape index (κ2) is 9.98. The molecule has 0 spiro atoms. The van der Waals surface area contributed by atoms with Gasteiger partial charge in [-0.05, 0) is 6.92 Å². The van der Waals surface area contributed by atoms with Crippen LogP contribution >= 0.6 is 0 Å². The summed E-state index contributed by atoms with van der Waals surface area (Å²) in [6.45, 7) is 5.05. The molecule has 0 aromatic heterocycles. The average molecular weight is 228 g/mol. The van der Waals surface area contributed by atoms with E-state index in [1.165, 1.54) is 6.20 Å². The molecule has 0 atom stereocenters. The minimum Gasteiger partial charge on any atom is -0.417 e. The lowest BCUT2D eigenvalue weighted by Gasteiger charge is -1.91. The molecule has 0 unspecified atom stereocenters. The molecule has 0 bridgehead atoms. The molecule has 0 aliphatic heterocycles. The molecule has 10 heteroatoms. The fourth-order valence-corrected chi connectivity index (χ4v) is 0.701. The van der Waals surface area contributed by atoms with Crippen LogP contribution in [0.1, 0.15) is 6.92 Å². The summed E-state index contributed by atoms with van der Waals surface area (Å²) < 4.78 is 8.34. The van der Waals surface area contributed by atoms with Crippen molar-refractivity contribution < 1.29 is 4.53 Å². The first kappa shape index (κ1) is 12.9. The Morgan fingerprint density at radius 3 is 3.07 bits per heavy atom. The van der Waals surface area contributed by atoms with Crippen LogP contribution in [0.15, 0.2) is 43.3 Å². The molecule has 3 N–H and O–H groups in total. The van der Waals surface area contributed by atoms with Crippen molar-refractivity contribution in [2.75, 3.05) is 0 Å². The minimum absolute atomic E-state index is 0.407. The monoisotopic (exact) mass is 228 g/mol. The number of amidine groups is 1. The lowest BCUT2D eigenvalue weighted by molar-refractivity contribution is 0.332. The van der Waals surface area contributed by atoms with Crippen molar-refractivity contribution in [2.45, 2.75) is 6.92 Å². The highest BCUT2D eigenvalue weighted by molar-refractivity contribution is 6.24. The fourth-order valence-electron chi connectivity index (χ4n) is 0.401. The van der Waals surface area contributed by atoms with Crippen molar-refractivity contribution in [3.63, 3.8) is 0 Å². The average Bonchev–Trinajstić information content (AvgIpc) is 2.25. The van der Waals surface area contributed by atoms with Gasteiger partial charge < -0.3 is 10.4 Å². The van der Waals surface area contributed by atoms with E-state index in [0.717, 1.165) is 6.34 Å². The van der Waals surface area contributed by atoms with Crippen molar-refractivity contribution in [1.29, 1.82) is 0 Å². The minimum atomic E-state index is -1.22. The molecule has 9 nitrogen and oxygen atoms in total.